The second kappa shape index (κ2) is 7.90. The van der Waals surface area contributed by atoms with Gasteiger partial charge in [-0.05, 0) is 30.8 Å². The first kappa shape index (κ1) is 17.7. The SMILES string of the molecule is CCN1CCc2nc(NC(=O)c3ccccc3Oc3ccccc3)sc2C1. The summed E-state index contributed by atoms with van der Waals surface area (Å²) in [6.07, 6.45) is 0.934. The monoisotopic (exact) mass is 379 g/mol. The number of hydrogen-bond acceptors (Lipinski definition) is 5. The number of aromatic nitrogens is 1. The number of ether oxygens (including phenoxy) is 1. The Morgan fingerprint density at radius 3 is 2.78 bits per heavy atom. The van der Waals surface area contributed by atoms with Crippen molar-refractivity contribution < 1.29 is 9.53 Å². The number of benzene rings is 2. The molecule has 0 spiro atoms. The van der Waals surface area contributed by atoms with Gasteiger partial charge >= 0.3 is 0 Å². The van der Waals surface area contributed by atoms with Gasteiger partial charge in [0.2, 0.25) is 0 Å². The number of hydrogen-bond donors (Lipinski definition) is 1. The van der Waals surface area contributed by atoms with Gasteiger partial charge in [-0.2, -0.15) is 0 Å². The third kappa shape index (κ3) is 4.02. The number of carbonyl (C=O) groups is 1. The fraction of sp³-hybridized carbons (Fsp3) is 0.238. The van der Waals surface area contributed by atoms with E-state index in [0.717, 1.165) is 31.7 Å². The molecule has 1 aliphatic rings. The van der Waals surface area contributed by atoms with E-state index in [2.05, 4.69) is 22.1 Å². The van der Waals surface area contributed by atoms with Crippen molar-refractivity contribution in [2.75, 3.05) is 18.4 Å². The first-order valence-corrected chi connectivity index (χ1v) is 9.89. The van der Waals surface area contributed by atoms with Crippen LogP contribution in [0.4, 0.5) is 5.13 Å². The van der Waals surface area contributed by atoms with Crippen molar-refractivity contribution in [1.29, 1.82) is 0 Å². The van der Waals surface area contributed by atoms with Gasteiger partial charge in [0.1, 0.15) is 11.5 Å². The number of nitrogens with zero attached hydrogens (tertiary/aromatic N) is 2. The molecule has 1 amide bonds. The molecule has 3 aromatic rings. The molecule has 0 saturated carbocycles. The molecule has 1 aromatic heterocycles. The van der Waals surface area contributed by atoms with Crippen molar-refractivity contribution in [3.05, 3.63) is 70.7 Å². The lowest BCUT2D eigenvalue weighted by Gasteiger charge is -2.23. The van der Waals surface area contributed by atoms with Gasteiger partial charge in [-0.25, -0.2) is 4.98 Å². The quantitative estimate of drug-likeness (QED) is 0.706. The van der Waals surface area contributed by atoms with Crippen LogP contribution in [0.5, 0.6) is 11.5 Å². The first-order valence-electron chi connectivity index (χ1n) is 9.07. The van der Waals surface area contributed by atoms with Crippen molar-refractivity contribution in [3.63, 3.8) is 0 Å². The van der Waals surface area contributed by atoms with E-state index in [4.69, 9.17) is 4.74 Å². The minimum Gasteiger partial charge on any atom is -0.457 e. The number of nitrogens with one attached hydrogen (secondary N) is 1. The van der Waals surface area contributed by atoms with Crippen LogP contribution in [0.15, 0.2) is 54.6 Å². The van der Waals surface area contributed by atoms with Crippen LogP contribution in [0.2, 0.25) is 0 Å². The summed E-state index contributed by atoms with van der Waals surface area (Å²) >= 11 is 1.56. The highest BCUT2D eigenvalue weighted by molar-refractivity contribution is 7.15. The second-order valence-electron chi connectivity index (χ2n) is 6.37. The van der Waals surface area contributed by atoms with Crippen molar-refractivity contribution in [3.8, 4) is 11.5 Å². The zero-order chi connectivity index (χ0) is 18.6. The zero-order valence-corrected chi connectivity index (χ0v) is 16.0. The smallest absolute Gasteiger partial charge is 0.261 e. The van der Waals surface area contributed by atoms with E-state index in [9.17, 15) is 4.79 Å². The summed E-state index contributed by atoms with van der Waals surface area (Å²) < 4.78 is 5.89. The van der Waals surface area contributed by atoms with Gasteiger partial charge in [-0.1, -0.05) is 37.3 Å². The Morgan fingerprint density at radius 1 is 1.19 bits per heavy atom. The average molecular weight is 379 g/mol. The molecule has 0 fully saturated rings. The minimum atomic E-state index is -0.208. The van der Waals surface area contributed by atoms with Crippen molar-refractivity contribution in [2.24, 2.45) is 0 Å². The molecule has 2 aromatic carbocycles. The maximum absolute atomic E-state index is 12.8. The molecule has 1 N–H and O–H groups in total. The zero-order valence-electron chi connectivity index (χ0n) is 15.1. The van der Waals surface area contributed by atoms with E-state index in [-0.39, 0.29) is 5.91 Å². The van der Waals surface area contributed by atoms with Crippen LogP contribution in [0.1, 0.15) is 27.9 Å². The predicted molar refractivity (Wildman–Crippen MR) is 108 cm³/mol. The van der Waals surface area contributed by atoms with Crippen LogP contribution in [0.25, 0.3) is 0 Å². The van der Waals surface area contributed by atoms with E-state index >= 15 is 0 Å². The molecule has 0 bridgehead atoms. The molecule has 2 heterocycles. The molecule has 0 saturated heterocycles. The van der Waals surface area contributed by atoms with E-state index < -0.39 is 0 Å². The Kier molecular flexibility index (Phi) is 5.18. The average Bonchev–Trinajstić information content (AvgIpc) is 3.10. The third-order valence-electron chi connectivity index (χ3n) is 4.58. The third-order valence-corrected chi connectivity index (χ3v) is 5.58. The van der Waals surface area contributed by atoms with Crippen LogP contribution in [0.3, 0.4) is 0 Å². The molecular formula is C21H21N3O2S. The number of likely N-dealkylation sites (N-methyl/N-ethyl adjacent to an activating group) is 1. The lowest BCUT2D eigenvalue weighted by atomic mass is 10.2. The van der Waals surface area contributed by atoms with E-state index in [1.807, 2.05) is 42.5 Å². The topological polar surface area (TPSA) is 54.5 Å². The number of rotatable bonds is 5. The number of para-hydroxylation sites is 2. The van der Waals surface area contributed by atoms with Gasteiger partial charge in [0.25, 0.3) is 5.91 Å². The Bertz CT molecular complexity index is 940. The molecule has 138 valence electrons. The van der Waals surface area contributed by atoms with Gasteiger partial charge in [-0.3, -0.25) is 15.0 Å². The number of anilines is 1. The van der Waals surface area contributed by atoms with Crippen LogP contribution in [-0.4, -0.2) is 28.9 Å². The normalized spacial score (nSPS) is 13.8. The number of carbonyl (C=O) groups excluding carboxylic acids is 1. The summed E-state index contributed by atoms with van der Waals surface area (Å²) in [5.74, 6) is 1.02. The maximum atomic E-state index is 12.8. The summed E-state index contributed by atoms with van der Waals surface area (Å²) in [5.41, 5.74) is 1.60. The van der Waals surface area contributed by atoms with E-state index in [1.54, 1.807) is 23.5 Å². The molecule has 0 radical (unpaired) electrons. The summed E-state index contributed by atoms with van der Waals surface area (Å²) in [6, 6.07) is 16.7. The first-order chi connectivity index (χ1) is 13.2. The maximum Gasteiger partial charge on any atom is 0.261 e. The number of amides is 1. The molecule has 6 heteroatoms. The fourth-order valence-electron chi connectivity index (χ4n) is 3.09. The largest absolute Gasteiger partial charge is 0.457 e. The molecular weight excluding hydrogens is 358 g/mol. The minimum absolute atomic E-state index is 0.208. The van der Waals surface area contributed by atoms with Gasteiger partial charge in [0.05, 0.1) is 11.3 Å². The van der Waals surface area contributed by atoms with Gasteiger partial charge in [-0.15, -0.1) is 11.3 Å². The molecule has 4 rings (SSSR count). The fourth-order valence-corrected chi connectivity index (χ4v) is 4.14. The summed E-state index contributed by atoms with van der Waals surface area (Å²) in [4.78, 5) is 21.1. The summed E-state index contributed by atoms with van der Waals surface area (Å²) in [7, 11) is 0. The van der Waals surface area contributed by atoms with E-state index in [0.29, 0.717) is 22.2 Å². The van der Waals surface area contributed by atoms with E-state index in [1.165, 1.54) is 4.88 Å². The molecule has 0 unspecified atom stereocenters. The van der Waals surface area contributed by atoms with Crippen LogP contribution in [-0.2, 0) is 13.0 Å². The molecule has 5 nitrogen and oxygen atoms in total. The summed E-state index contributed by atoms with van der Waals surface area (Å²) in [6.45, 7) is 5.13. The Hall–Kier alpha value is -2.70. The molecule has 0 aliphatic carbocycles. The van der Waals surface area contributed by atoms with Crippen molar-refractivity contribution >= 4 is 22.4 Å². The van der Waals surface area contributed by atoms with Crippen molar-refractivity contribution in [1.82, 2.24) is 9.88 Å². The van der Waals surface area contributed by atoms with Gasteiger partial charge in [0.15, 0.2) is 5.13 Å². The van der Waals surface area contributed by atoms with Crippen molar-refractivity contribution in [2.45, 2.75) is 19.9 Å². The molecule has 27 heavy (non-hydrogen) atoms. The Labute approximate surface area is 162 Å². The molecule has 1 aliphatic heterocycles. The number of fused-ring (bicyclic) bond motifs is 1. The van der Waals surface area contributed by atoms with Crippen LogP contribution >= 0.6 is 11.3 Å². The van der Waals surface area contributed by atoms with Gasteiger partial charge < -0.3 is 4.74 Å². The predicted octanol–water partition coefficient (Wildman–Crippen LogP) is 4.57. The highest BCUT2D eigenvalue weighted by Gasteiger charge is 2.21. The van der Waals surface area contributed by atoms with Gasteiger partial charge in [0, 0.05) is 24.4 Å². The summed E-state index contributed by atoms with van der Waals surface area (Å²) in [5, 5.41) is 3.59. The Morgan fingerprint density at radius 2 is 1.96 bits per heavy atom. The highest BCUT2D eigenvalue weighted by Crippen LogP contribution is 2.30. The lowest BCUT2D eigenvalue weighted by Crippen LogP contribution is -2.29. The molecule has 0 atom stereocenters. The second-order valence-corrected chi connectivity index (χ2v) is 7.46. The Balaban J connectivity index is 1.52. The standard InChI is InChI=1S/C21H21N3O2S/c1-2-24-13-12-17-19(14-24)27-21(22-17)23-20(25)16-10-6-7-11-18(16)26-15-8-4-3-5-9-15/h3-11H,2,12-14H2,1H3,(H,22,23,25). The van der Waals surface area contributed by atoms with Crippen LogP contribution < -0.4 is 10.1 Å². The number of thiazole rings is 1. The van der Waals surface area contributed by atoms with Crippen LogP contribution in [0, 0.1) is 0 Å². The lowest BCUT2D eigenvalue weighted by molar-refractivity contribution is 0.102. The highest BCUT2D eigenvalue weighted by atomic mass is 32.1.